The van der Waals surface area contributed by atoms with Crippen LogP contribution < -0.4 is 5.32 Å². The zero-order chi connectivity index (χ0) is 11.1. The molecule has 0 bridgehead atoms. The fourth-order valence-electron chi connectivity index (χ4n) is 0.695. The lowest BCUT2D eigenvalue weighted by Crippen LogP contribution is -2.44. The van der Waals surface area contributed by atoms with Crippen LogP contribution in [0.5, 0.6) is 0 Å². The van der Waals surface area contributed by atoms with Crippen molar-refractivity contribution in [3.05, 3.63) is 0 Å². The van der Waals surface area contributed by atoms with Crippen LogP contribution in [-0.4, -0.2) is 43.0 Å². The largest absolute Gasteiger partial charge is 0.461 e. The predicted octanol–water partition coefficient (Wildman–Crippen LogP) is -0.345. The monoisotopic (exact) mass is 205 g/mol. The van der Waals surface area contributed by atoms with E-state index in [-0.39, 0.29) is 6.10 Å². The molecule has 0 aromatic carbocycles. The maximum atomic E-state index is 11.2. The van der Waals surface area contributed by atoms with Crippen molar-refractivity contribution in [3.63, 3.8) is 0 Å². The minimum atomic E-state index is -1.08. The van der Waals surface area contributed by atoms with Gasteiger partial charge in [-0.05, 0) is 13.8 Å². The van der Waals surface area contributed by atoms with Crippen molar-refractivity contribution in [2.75, 3.05) is 13.7 Å². The molecule has 1 amide bonds. The predicted molar refractivity (Wildman–Crippen MR) is 47.6 cm³/mol. The SMILES string of the molecule is COC(=O)N[C@@H](CO)C(=O)OC(C)C. The Morgan fingerprint density at radius 2 is 2.00 bits per heavy atom. The Hall–Kier alpha value is -1.30. The first-order valence-electron chi connectivity index (χ1n) is 4.17. The van der Waals surface area contributed by atoms with Crippen molar-refractivity contribution < 1.29 is 24.2 Å². The number of amides is 1. The lowest BCUT2D eigenvalue weighted by atomic mass is 10.3. The van der Waals surface area contributed by atoms with E-state index in [1.807, 2.05) is 0 Å². The molecule has 0 saturated heterocycles. The molecule has 0 aliphatic rings. The summed E-state index contributed by atoms with van der Waals surface area (Å²) in [5.41, 5.74) is 0. The molecule has 0 aromatic heterocycles. The summed E-state index contributed by atoms with van der Waals surface area (Å²) in [4.78, 5) is 21.9. The molecule has 6 heteroatoms. The molecule has 0 aliphatic carbocycles. The summed E-state index contributed by atoms with van der Waals surface area (Å²) < 4.78 is 9.05. The zero-order valence-electron chi connectivity index (χ0n) is 8.44. The number of carbonyl (C=O) groups excluding carboxylic acids is 2. The molecule has 0 saturated carbocycles. The third-order valence-corrected chi connectivity index (χ3v) is 1.30. The van der Waals surface area contributed by atoms with Crippen LogP contribution in [0.25, 0.3) is 0 Å². The van der Waals surface area contributed by atoms with Crippen molar-refractivity contribution in [3.8, 4) is 0 Å². The van der Waals surface area contributed by atoms with Crippen LogP contribution in [0.4, 0.5) is 4.79 Å². The molecule has 0 aliphatic heterocycles. The lowest BCUT2D eigenvalue weighted by molar-refractivity contribution is -0.150. The lowest BCUT2D eigenvalue weighted by Gasteiger charge is -2.16. The number of methoxy groups -OCH3 is 1. The highest BCUT2D eigenvalue weighted by Crippen LogP contribution is 1.94. The van der Waals surface area contributed by atoms with Gasteiger partial charge in [0.2, 0.25) is 0 Å². The van der Waals surface area contributed by atoms with E-state index in [2.05, 4.69) is 10.1 Å². The van der Waals surface area contributed by atoms with Gasteiger partial charge in [0.05, 0.1) is 19.8 Å². The Morgan fingerprint density at radius 3 is 2.36 bits per heavy atom. The van der Waals surface area contributed by atoms with Crippen molar-refractivity contribution in [1.82, 2.24) is 5.32 Å². The summed E-state index contributed by atoms with van der Waals surface area (Å²) in [6.45, 7) is 2.82. The Balaban J connectivity index is 4.12. The molecule has 1 atom stereocenters. The second kappa shape index (κ2) is 6.20. The number of rotatable bonds is 4. The van der Waals surface area contributed by atoms with Crippen LogP contribution in [0.15, 0.2) is 0 Å². The first-order valence-corrected chi connectivity index (χ1v) is 4.17. The van der Waals surface area contributed by atoms with Crippen LogP contribution in [-0.2, 0) is 14.3 Å². The van der Waals surface area contributed by atoms with Gasteiger partial charge in [-0.2, -0.15) is 0 Å². The van der Waals surface area contributed by atoms with E-state index in [9.17, 15) is 9.59 Å². The molecule has 0 aromatic rings. The van der Waals surface area contributed by atoms with Gasteiger partial charge in [-0.3, -0.25) is 0 Å². The Kier molecular flexibility index (Phi) is 5.62. The van der Waals surface area contributed by atoms with E-state index < -0.39 is 24.7 Å². The highest BCUT2D eigenvalue weighted by atomic mass is 16.6. The average molecular weight is 205 g/mol. The molecular weight excluding hydrogens is 190 g/mol. The minimum absolute atomic E-state index is 0.295. The summed E-state index contributed by atoms with van der Waals surface area (Å²) in [7, 11) is 1.16. The fraction of sp³-hybridized carbons (Fsp3) is 0.750. The van der Waals surface area contributed by atoms with Gasteiger partial charge in [-0.1, -0.05) is 0 Å². The Bertz CT molecular complexity index is 204. The molecular formula is C8H15NO5. The number of nitrogens with one attached hydrogen (secondary N) is 1. The third-order valence-electron chi connectivity index (χ3n) is 1.30. The number of hydrogen-bond acceptors (Lipinski definition) is 5. The molecule has 82 valence electrons. The molecule has 6 nitrogen and oxygen atoms in total. The minimum Gasteiger partial charge on any atom is -0.461 e. The van der Waals surface area contributed by atoms with Gasteiger partial charge in [-0.25, -0.2) is 9.59 Å². The molecule has 0 heterocycles. The molecule has 14 heavy (non-hydrogen) atoms. The van der Waals surface area contributed by atoms with Gasteiger partial charge < -0.3 is 19.9 Å². The smallest absolute Gasteiger partial charge is 0.407 e. The maximum absolute atomic E-state index is 11.2. The summed E-state index contributed by atoms with van der Waals surface area (Å²) in [5, 5.41) is 10.9. The molecule has 2 N–H and O–H groups in total. The average Bonchev–Trinajstić information content (AvgIpc) is 2.12. The number of carbonyl (C=O) groups is 2. The second-order valence-electron chi connectivity index (χ2n) is 2.86. The van der Waals surface area contributed by atoms with Crippen LogP contribution in [0.3, 0.4) is 0 Å². The zero-order valence-corrected chi connectivity index (χ0v) is 8.44. The van der Waals surface area contributed by atoms with Crippen LogP contribution in [0.2, 0.25) is 0 Å². The summed E-state index contributed by atoms with van der Waals surface area (Å²) in [5.74, 6) is -0.687. The molecule has 0 rings (SSSR count). The molecule has 0 unspecified atom stereocenters. The quantitative estimate of drug-likeness (QED) is 0.613. The third kappa shape index (κ3) is 4.66. The number of alkyl carbamates (subject to hydrolysis) is 1. The van der Waals surface area contributed by atoms with Crippen molar-refractivity contribution in [2.45, 2.75) is 26.0 Å². The van der Waals surface area contributed by atoms with E-state index in [1.165, 1.54) is 0 Å². The Labute approximate surface area is 82.2 Å². The van der Waals surface area contributed by atoms with E-state index in [0.29, 0.717) is 0 Å². The number of esters is 1. The van der Waals surface area contributed by atoms with Gasteiger partial charge in [0.15, 0.2) is 6.04 Å². The summed E-state index contributed by atoms with van der Waals surface area (Å²) >= 11 is 0. The van der Waals surface area contributed by atoms with E-state index in [1.54, 1.807) is 13.8 Å². The second-order valence-corrected chi connectivity index (χ2v) is 2.86. The molecule has 0 radical (unpaired) electrons. The van der Waals surface area contributed by atoms with Crippen LogP contribution in [0.1, 0.15) is 13.8 Å². The van der Waals surface area contributed by atoms with Crippen molar-refractivity contribution in [2.24, 2.45) is 0 Å². The highest BCUT2D eigenvalue weighted by Gasteiger charge is 2.22. The normalized spacial score (nSPS) is 12.1. The fourth-order valence-corrected chi connectivity index (χ4v) is 0.695. The number of ether oxygens (including phenoxy) is 2. The number of hydrogen-bond donors (Lipinski definition) is 2. The van der Waals surface area contributed by atoms with Gasteiger partial charge >= 0.3 is 12.1 Å². The van der Waals surface area contributed by atoms with E-state index >= 15 is 0 Å². The number of aliphatic hydroxyl groups is 1. The van der Waals surface area contributed by atoms with E-state index in [4.69, 9.17) is 9.84 Å². The van der Waals surface area contributed by atoms with Gasteiger partial charge in [-0.15, -0.1) is 0 Å². The molecule has 0 fully saturated rings. The van der Waals surface area contributed by atoms with Crippen LogP contribution in [0, 0.1) is 0 Å². The maximum Gasteiger partial charge on any atom is 0.407 e. The summed E-state index contributed by atoms with van der Waals surface area (Å²) in [6, 6.07) is -1.08. The highest BCUT2D eigenvalue weighted by molar-refractivity contribution is 5.81. The summed E-state index contributed by atoms with van der Waals surface area (Å²) in [6.07, 6.45) is -1.08. The number of aliphatic hydroxyl groups excluding tert-OH is 1. The standard InChI is InChI=1S/C8H15NO5/c1-5(2)14-7(11)6(4-10)9-8(12)13-3/h5-6,10H,4H2,1-3H3,(H,9,12)/t6-/m0/s1. The first-order chi connectivity index (χ1) is 6.51. The van der Waals surface area contributed by atoms with Gasteiger partial charge in [0, 0.05) is 0 Å². The first kappa shape index (κ1) is 12.7. The Morgan fingerprint density at radius 1 is 1.43 bits per heavy atom. The topological polar surface area (TPSA) is 84.9 Å². The van der Waals surface area contributed by atoms with Crippen LogP contribution >= 0.6 is 0 Å². The van der Waals surface area contributed by atoms with E-state index in [0.717, 1.165) is 7.11 Å². The van der Waals surface area contributed by atoms with Crippen molar-refractivity contribution in [1.29, 1.82) is 0 Å². The van der Waals surface area contributed by atoms with Crippen molar-refractivity contribution >= 4 is 12.1 Å². The molecule has 0 spiro atoms. The van der Waals surface area contributed by atoms with Gasteiger partial charge in [0.1, 0.15) is 0 Å². The van der Waals surface area contributed by atoms with Gasteiger partial charge in [0.25, 0.3) is 0 Å².